The third kappa shape index (κ3) is 6.43. The van der Waals surface area contributed by atoms with E-state index < -0.39 is 10.8 Å². The number of hydrogen-bond donors (Lipinski definition) is 0. The van der Waals surface area contributed by atoms with Crippen molar-refractivity contribution in [2.45, 2.75) is 128 Å². The second-order valence-electron chi connectivity index (χ2n) is 26.5. The number of fused-ring (bicyclic) bond motifs is 18. The molecule has 0 radical (unpaired) electrons. The second-order valence-corrected chi connectivity index (χ2v) is 26.5. The monoisotopic (exact) mass is 974 g/mol. The summed E-state index contributed by atoms with van der Waals surface area (Å²) in [6, 6.07) is 76.2. The lowest BCUT2D eigenvalue weighted by Gasteiger charge is -2.48. The normalized spacial score (nSPS) is 17.8. The Morgan fingerprint density at radius 2 is 0.573 bits per heavy atom. The van der Waals surface area contributed by atoms with Crippen LogP contribution in [0.15, 0.2) is 194 Å². The molecule has 0 aliphatic heterocycles. The summed E-state index contributed by atoms with van der Waals surface area (Å²) in [6.45, 7) is 31.0. The molecule has 2 spiro atoms. The minimum atomic E-state index is -0.560. The van der Waals surface area contributed by atoms with Gasteiger partial charge in [-0.1, -0.05) is 248 Å². The van der Waals surface area contributed by atoms with Crippen LogP contribution in [0.25, 0.3) is 22.3 Å². The van der Waals surface area contributed by atoms with E-state index in [0.717, 1.165) is 17.1 Å². The number of para-hydroxylation sites is 1. The van der Waals surface area contributed by atoms with E-state index in [4.69, 9.17) is 0 Å². The SMILES string of the molecule is CC(C)(C)c1ccc2c(c1)C(C)(C)c1ccccc1C21c2ccccc2-c2ccc(N(c3ccccc3)c3ccc4c(c3)C3(c5ccccc5-4)c4ccc(C(C)(C)C)cc4C(C)(C)c4cc(C(C)(C)C)ccc43)cc21. The maximum atomic E-state index is 2.57. The Morgan fingerprint density at radius 3 is 0.973 bits per heavy atom. The van der Waals surface area contributed by atoms with Gasteiger partial charge >= 0.3 is 0 Å². The zero-order valence-electron chi connectivity index (χ0n) is 46.4. The molecular weight excluding hydrogens is 903 g/mol. The predicted octanol–water partition coefficient (Wildman–Crippen LogP) is 19.1. The van der Waals surface area contributed by atoms with Crippen molar-refractivity contribution >= 4 is 17.1 Å². The fourth-order valence-electron chi connectivity index (χ4n) is 14.5. The lowest BCUT2D eigenvalue weighted by Crippen LogP contribution is -2.41. The zero-order chi connectivity index (χ0) is 52.4. The predicted molar refractivity (Wildman–Crippen MR) is 316 cm³/mol. The summed E-state index contributed by atoms with van der Waals surface area (Å²) >= 11 is 0. The molecule has 0 saturated heterocycles. The van der Waals surface area contributed by atoms with Gasteiger partial charge in [0, 0.05) is 27.9 Å². The highest BCUT2D eigenvalue weighted by atomic mass is 15.1. The average molecular weight is 974 g/mol. The largest absolute Gasteiger partial charge is 0.310 e. The summed E-state index contributed by atoms with van der Waals surface area (Å²) in [5.74, 6) is 0. The van der Waals surface area contributed by atoms with Crippen LogP contribution >= 0.6 is 0 Å². The van der Waals surface area contributed by atoms with Crippen molar-refractivity contribution in [1.82, 2.24) is 0 Å². The minimum absolute atomic E-state index is 0.00259. The molecule has 4 aliphatic rings. The molecule has 0 N–H and O–H groups in total. The maximum absolute atomic E-state index is 2.57. The Bertz CT molecular complexity index is 3770. The molecule has 0 heterocycles. The van der Waals surface area contributed by atoms with Gasteiger partial charge in [0.15, 0.2) is 0 Å². The van der Waals surface area contributed by atoms with Crippen molar-refractivity contribution in [2.24, 2.45) is 0 Å². The second kappa shape index (κ2) is 15.7. The van der Waals surface area contributed by atoms with E-state index in [1.54, 1.807) is 0 Å². The van der Waals surface area contributed by atoms with Gasteiger partial charge in [0.2, 0.25) is 0 Å². The van der Waals surface area contributed by atoms with Gasteiger partial charge in [-0.15, -0.1) is 0 Å². The molecule has 0 bridgehead atoms. The van der Waals surface area contributed by atoms with E-state index in [2.05, 4.69) is 289 Å². The van der Waals surface area contributed by atoms with Gasteiger partial charge in [0.05, 0.1) is 10.8 Å². The first-order chi connectivity index (χ1) is 35.6. The molecule has 0 amide bonds. The lowest BCUT2D eigenvalue weighted by atomic mass is 9.54. The van der Waals surface area contributed by atoms with E-state index in [1.807, 2.05) is 0 Å². The number of rotatable bonds is 3. The summed E-state index contributed by atoms with van der Waals surface area (Å²) in [5, 5.41) is 0. The van der Waals surface area contributed by atoms with Crippen molar-refractivity contribution in [2.75, 3.05) is 4.90 Å². The molecule has 0 saturated carbocycles. The fourth-order valence-corrected chi connectivity index (χ4v) is 14.5. The molecular formula is C74H71N. The number of hydrogen-bond acceptors (Lipinski definition) is 1. The number of anilines is 3. The molecule has 1 heteroatoms. The van der Waals surface area contributed by atoms with E-state index in [9.17, 15) is 0 Å². The third-order valence-corrected chi connectivity index (χ3v) is 18.5. The first-order valence-corrected chi connectivity index (χ1v) is 27.5. The average Bonchev–Trinajstić information content (AvgIpc) is 3.97. The molecule has 4 aliphatic carbocycles. The highest BCUT2D eigenvalue weighted by Gasteiger charge is 2.56. The van der Waals surface area contributed by atoms with Gasteiger partial charge < -0.3 is 4.90 Å². The van der Waals surface area contributed by atoms with Gasteiger partial charge in [-0.25, -0.2) is 0 Å². The first-order valence-electron chi connectivity index (χ1n) is 27.5. The summed E-state index contributed by atoms with van der Waals surface area (Å²) in [7, 11) is 0. The fraction of sp³-hybridized carbons (Fsp3) is 0.270. The zero-order valence-corrected chi connectivity index (χ0v) is 46.4. The summed E-state index contributed by atoms with van der Waals surface area (Å²) in [5.41, 5.74) is 27.7. The Hall–Kier alpha value is -7.22. The van der Waals surface area contributed by atoms with Crippen LogP contribution in [0, 0.1) is 0 Å². The highest BCUT2D eigenvalue weighted by Crippen LogP contribution is 2.65. The minimum Gasteiger partial charge on any atom is -0.310 e. The number of benzene rings is 9. The Kier molecular flexibility index (Phi) is 9.92. The van der Waals surface area contributed by atoms with Crippen LogP contribution in [-0.4, -0.2) is 0 Å². The van der Waals surface area contributed by atoms with E-state index >= 15 is 0 Å². The van der Waals surface area contributed by atoms with Crippen molar-refractivity contribution in [3.63, 3.8) is 0 Å². The molecule has 9 aromatic rings. The molecule has 75 heavy (non-hydrogen) atoms. The molecule has 9 aromatic carbocycles. The topological polar surface area (TPSA) is 3.24 Å². The molecule has 372 valence electrons. The van der Waals surface area contributed by atoms with Crippen LogP contribution in [0.3, 0.4) is 0 Å². The molecule has 13 rings (SSSR count). The van der Waals surface area contributed by atoms with E-state index in [-0.39, 0.29) is 27.1 Å². The first kappa shape index (κ1) is 47.5. The Morgan fingerprint density at radius 1 is 0.253 bits per heavy atom. The van der Waals surface area contributed by atoms with Crippen LogP contribution < -0.4 is 4.90 Å². The van der Waals surface area contributed by atoms with Gasteiger partial charge in [-0.05, 0) is 158 Å². The summed E-state index contributed by atoms with van der Waals surface area (Å²) in [4.78, 5) is 2.54. The molecule has 1 unspecified atom stereocenters. The maximum Gasteiger partial charge on any atom is 0.0720 e. The quantitative estimate of drug-likeness (QED) is 0.171. The van der Waals surface area contributed by atoms with Gasteiger partial charge in [-0.2, -0.15) is 0 Å². The van der Waals surface area contributed by atoms with Crippen molar-refractivity contribution in [3.8, 4) is 22.3 Å². The summed E-state index contributed by atoms with van der Waals surface area (Å²) < 4.78 is 0. The van der Waals surface area contributed by atoms with E-state index in [0.29, 0.717) is 0 Å². The van der Waals surface area contributed by atoms with Gasteiger partial charge in [0.1, 0.15) is 0 Å². The van der Waals surface area contributed by atoms with Crippen LogP contribution in [0.2, 0.25) is 0 Å². The van der Waals surface area contributed by atoms with Crippen LogP contribution in [-0.2, 0) is 37.9 Å². The van der Waals surface area contributed by atoms with Crippen molar-refractivity contribution in [3.05, 3.63) is 278 Å². The smallest absolute Gasteiger partial charge is 0.0720 e. The third-order valence-electron chi connectivity index (χ3n) is 18.5. The Labute approximate surface area is 447 Å². The van der Waals surface area contributed by atoms with Crippen molar-refractivity contribution < 1.29 is 0 Å². The molecule has 1 atom stereocenters. The van der Waals surface area contributed by atoms with Gasteiger partial charge in [-0.3, -0.25) is 0 Å². The molecule has 0 fully saturated rings. The Balaban J connectivity index is 1.09. The van der Waals surface area contributed by atoms with E-state index in [1.165, 1.54) is 106 Å². The van der Waals surface area contributed by atoms with Crippen LogP contribution in [0.4, 0.5) is 17.1 Å². The highest BCUT2D eigenvalue weighted by molar-refractivity contribution is 5.94. The van der Waals surface area contributed by atoms with Gasteiger partial charge in [0.25, 0.3) is 0 Å². The standard InChI is InChI=1S/C74H71N/c1-68(2,3)46-31-38-60-65(41-46)71(10,11)58-29-21-22-30-59(58)73(60)56-27-19-17-25-52(56)54-36-34-50(44-63(54)73)75(49-23-15-14-16-24-49)51-35-37-55-53-26-18-20-28-57(53)74(64(55)45-51)61-39-32-47(69(4,5)6)42-66(61)72(12,13)67-43-48(70(7,8)9)33-40-62(67)74/h14-45H,1-13H3. The molecule has 1 nitrogen and oxygen atoms in total. The van der Waals surface area contributed by atoms with Crippen LogP contribution in [0.1, 0.15) is 173 Å². The van der Waals surface area contributed by atoms with Crippen LogP contribution in [0.5, 0.6) is 0 Å². The van der Waals surface area contributed by atoms with Crippen molar-refractivity contribution in [1.29, 1.82) is 0 Å². The lowest BCUT2D eigenvalue weighted by molar-refractivity contribution is 0.541. The summed E-state index contributed by atoms with van der Waals surface area (Å²) in [6.07, 6.45) is 0. The number of nitrogens with zero attached hydrogens (tertiary/aromatic N) is 1. The molecule has 0 aromatic heterocycles.